The number of methoxy groups -OCH3 is 1. The number of alkyl halides is 3. The van der Waals surface area contributed by atoms with Crippen molar-refractivity contribution in [3.05, 3.63) is 59.2 Å². The van der Waals surface area contributed by atoms with Crippen molar-refractivity contribution in [3.63, 3.8) is 0 Å². The Morgan fingerprint density at radius 1 is 1.13 bits per heavy atom. The molecule has 0 aliphatic rings. The number of carboxylic acid groups (broad SMARTS) is 1. The molecule has 2 aromatic carbocycles. The number of carbonyl (C=O) groups is 1. The van der Waals surface area contributed by atoms with Gasteiger partial charge in [0.05, 0.1) is 7.11 Å². The fourth-order valence-corrected chi connectivity index (χ4v) is 1.97. The molecule has 7 heteroatoms. The second kappa shape index (κ2) is 6.60. The molecular weight excluding hydrogens is 313 g/mol. The average molecular weight is 326 g/mol. The van der Waals surface area contributed by atoms with Gasteiger partial charge in [0.2, 0.25) is 0 Å². The topological polar surface area (TPSA) is 55.8 Å². The Bertz CT molecular complexity index is 696. The summed E-state index contributed by atoms with van der Waals surface area (Å²) >= 11 is 0. The SMILES string of the molecule is COc1cc(C(F)(F)F)c(OCc2ccccc2)cc1C(=O)O. The predicted molar refractivity (Wildman–Crippen MR) is 75.7 cm³/mol. The molecule has 0 aliphatic carbocycles. The molecule has 0 saturated carbocycles. The minimum Gasteiger partial charge on any atom is -0.496 e. The Morgan fingerprint density at radius 3 is 2.30 bits per heavy atom. The van der Waals surface area contributed by atoms with Crippen molar-refractivity contribution < 1.29 is 32.5 Å². The van der Waals surface area contributed by atoms with Crippen LogP contribution in [0.2, 0.25) is 0 Å². The van der Waals surface area contributed by atoms with Gasteiger partial charge < -0.3 is 14.6 Å². The van der Waals surface area contributed by atoms with Crippen molar-refractivity contribution in [1.82, 2.24) is 0 Å². The lowest BCUT2D eigenvalue weighted by Crippen LogP contribution is -2.11. The van der Waals surface area contributed by atoms with Crippen LogP contribution in [0.3, 0.4) is 0 Å². The van der Waals surface area contributed by atoms with E-state index in [0.29, 0.717) is 11.6 Å². The molecular formula is C16H13F3O4. The van der Waals surface area contributed by atoms with Crippen molar-refractivity contribution in [2.75, 3.05) is 7.11 Å². The zero-order chi connectivity index (χ0) is 17.0. The molecule has 0 saturated heterocycles. The lowest BCUT2D eigenvalue weighted by atomic mass is 10.1. The van der Waals surface area contributed by atoms with E-state index in [2.05, 4.69) is 0 Å². The van der Waals surface area contributed by atoms with Crippen LogP contribution < -0.4 is 9.47 Å². The highest BCUT2D eigenvalue weighted by Crippen LogP contribution is 2.40. The molecule has 0 atom stereocenters. The van der Waals surface area contributed by atoms with Crippen LogP contribution in [-0.2, 0) is 12.8 Å². The van der Waals surface area contributed by atoms with E-state index in [-0.39, 0.29) is 12.4 Å². The van der Waals surface area contributed by atoms with Gasteiger partial charge >= 0.3 is 12.1 Å². The highest BCUT2D eigenvalue weighted by molar-refractivity contribution is 5.91. The smallest absolute Gasteiger partial charge is 0.420 e. The van der Waals surface area contributed by atoms with E-state index < -0.39 is 29.0 Å². The number of hydrogen-bond donors (Lipinski definition) is 1. The average Bonchev–Trinajstić information content (AvgIpc) is 2.52. The lowest BCUT2D eigenvalue weighted by molar-refractivity contribution is -0.139. The number of hydrogen-bond acceptors (Lipinski definition) is 3. The number of aromatic carboxylic acids is 1. The molecule has 0 heterocycles. The number of rotatable bonds is 5. The Hall–Kier alpha value is -2.70. The molecule has 2 rings (SSSR count). The van der Waals surface area contributed by atoms with Gasteiger partial charge in [-0.25, -0.2) is 4.79 Å². The van der Waals surface area contributed by atoms with E-state index >= 15 is 0 Å². The first-order chi connectivity index (χ1) is 10.8. The Labute approximate surface area is 130 Å². The fraction of sp³-hybridized carbons (Fsp3) is 0.188. The van der Waals surface area contributed by atoms with E-state index in [1.807, 2.05) is 0 Å². The van der Waals surface area contributed by atoms with Crippen LogP contribution in [-0.4, -0.2) is 18.2 Å². The second-order valence-corrected chi connectivity index (χ2v) is 4.63. The first-order valence-corrected chi connectivity index (χ1v) is 6.52. The third-order valence-electron chi connectivity index (χ3n) is 3.07. The summed E-state index contributed by atoms with van der Waals surface area (Å²) in [6.07, 6.45) is -4.70. The molecule has 122 valence electrons. The number of benzene rings is 2. The van der Waals surface area contributed by atoms with Crippen molar-refractivity contribution in [3.8, 4) is 11.5 Å². The van der Waals surface area contributed by atoms with Crippen LogP contribution >= 0.6 is 0 Å². The standard InChI is InChI=1S/C16H13F3O4/c1-22-13-8-12(16(17,18)19)14(7-11(13)15(20)21)23-9-10-5-3-2-4-6-10/h2-8H,9H2,1H3,(H,20,21). The number of halogens is 3. The highest BCUT2D eigenvalue weighted by atomic mass is 19.4. The van der Waals surface area contributed by atoms with E-state index in [4.69, 9.17) is 14.6 Å². The molecule has 0 fully saturated rings. The van der Waals surface area contributed by atoms with Gasteiger partial charge in [0, 0.05) is 0 Å². The van der Waals surface area contributed by atoms with Gasteiger partial charge in [-0.1, -0.05) is 30.3 Å². The molecule has 0 bridgehead atoms. The third kappa shape index (κ3) is 3.94. The maximum absolute atomic E-state index is 13.1. The van der Waals surface area contributed by atoms with E-state index in [9.17, 15) is 18.0 Å². The zero-order valence-corrected chi connectivity index (χ0v) is 12.1. The first-order valence-electron chi connectivity index (χ1n) is 6.52. The monoisotopic (exact) mass is 326 g/mol. The van der Waals surface area contributed by atoms with Gasteiger partial charge in [-0.15, -0.1) is 0 Å². The van der Waals surface area contributed by atoms with Gasteiger partial charge in [-0.05, 0) is 17.7 Å². The Morgan fingerprint density at radius 2 is 1.78 bits per heavy atom. The van der Waals surface area contributed by atoms with Gasteiger partial charge in [0.25, 0.3) is 0 Å². The van der Waals surface area contributed by atoms with Gasteiger partial charge in [-0.2, -0.15) is 13.2 Å². The van der Waals surface area contributed by atoms with Gasteiger partial charge in [-0.3, -0.25) is 0 Å². The number of carboxylic acids is 1. The lowest BCUT2D eigenvalue weighted by Gasteiger charge is -2.16. The van der Waals surface area contributed by atoms with E-state index in [1.165, 1.54) is 0 Å². The van der Waals surface area contributed by atoms with E-state index in [1.54, 1.807) is 30.3 Å². The van der Waals surface area contributed by atoms with Crippen molar-refractivity contribution >= 4 is 5.97 Å². The molecule has 0 radical (unpaired) electrons. The molecule has 0 spiro atoms. The first kappa shape index (κ1) is 16.7. The summed E-state index contributed by atoms with van der Waals surface area (Å²) in [6, 6.07) is 10.0. The maximum atomic E-state index is 13.1. The van der Waals surface area contributed by atoms with Gasteiger partial charge in [0.15, 0.2) is 0 Å². The summed E-state index contributed by atoms with van der Waals surface area (Å²) < 4.78 is 49.3. The van der Waals surface area contributed by atoms with Crippen LogP contribution in [0.15, 0.2) is 42.5 Å². The largest absolute Gasteiger partial charge is 0.496 e. The second-order valence-electron chi connectivity index (χ2n) is 4.63. The molecule has 4 nitrogen and oxygen atoms in total. The summed E-state index contributed by atoms with van der Waals surface area (Å²) in [5.41, 5.74) is -0.827. The quantitative estimate of drug-likeness (QED) is 0.902. The van der Waals surface area contributed by atoms with Crippen molar-refractivity contribution in [2.45, 2.75) is 12.8 Å². The van der Waals surface area contributed by atoms with Crippen molar-refractivity contribution in [2.24, 2.45) is 0 Å². The van der Waals surface area contributed by atoms with Crippen LogP contribution in [0, 0.1) is 0 Å². The summed E-state index contributed by atoms with van der Waals surface area (Å²) in [5, 5.41) is 9.08. The zero-order valence-electron chi connectivity index (χ0n) is 12.1. The molecule has 0 unspecified atom stereocenters. The Kier molecular flexibility index (Phi) is 4.78. The minimum absolute atomic E-state index is 0.116. The molecule has 0 aromatic heterocycles. The molecule has 0 aliphatic heterocycles. The molecule has 0 amide bonds. The van der Waals surface area contributed by atoms with Crippen LogP contribution in [0.25, 0.3) is 0 Å². The maximum Gasteiger partial charge on any atom is 0.420 e. The molecule has 23 heavy (non-hydrogen) atoms. The predicted octanol–water partition coefficient (Wildman–Crippen LogP) is 3.99. The summed E-state index contributed by atoms with van der Waals surface area (Å²) in [6.45, 7) is -0.116. The number of ether oxygens (including phenoxy) is 2. The highest BCUT2D eigenvalue weighted by Gasteiger charge is 2.36. The summed E-state index contributed by atoms with van der Waals surface area (Å²) in [7, 11) is 1.10. The molecule has 1 N–H and O–H groups in total. The summed E-state index contributed by atoms with van der Waals surface area (Å²) in [4.78, 5) is 11.2. The minimum atomic E-state index is -4.70. The van der Waals surface area contributed by atoms with Gasteiger partial charge in [0.1, 0.15) is 29.2 Å². The third-order valence-corrected chi connectivity index (χ3v) is 3.07. The summed E-state index contributed by atoms with van der Waals surface area (Å²) in [5.74, 6) is -2.34. The molecule has 2 aromatic rings. The van der Waals surface area contributed by atoms with Crippen LogP contribution in [0.4, 0.5) is 13.2 Å². The fourth-order valence-electron chi connectivity index (χ4n) is 1.97. The van der Waals surface area contributed by atoms with Crippen molar-refractivity contribution in [1.29, 1.82) is 0 Å². The Balaban J connectivity index is 2.42. The normalized spacial score (nSPS) is 11.1. The van der Waals surface area contributed by atoms with Crippen LogP contribution in [0.1, 0.15) is 21.5 Å². The van der Waals surface area contributed by atoms with E-state index in [0.717, 1.165) is 13.2 Å². The van der Waals surface area contributed by atoms with Crippen LogP contribution in [0.5, 0.6) is 11.5 Å².